The second-order valence-electron chi connectivity index (χ2n) is 4.66. The van der Waals surface area contributed by atoms with E-state index in [1.807, 2.05) is 42.5 Å². The Hall–Kier alpha value is -2.13. The molecule has 3 heteroatoms. The zero-order valence-corrected chi connectivity index (χ0v) is 12.2. The van der Waals surface area contributed by atoms with Gasteiger partial charge >= 0.3 is 0 Å². The van der Waals surface area contributed by atoms with Crippen LogP contribution in [0.3, 0.4) is 0 Å². The van der Waals surface area contributed by atoms with Gasteiger partial charge in [-0.25, -0.2) is 0 Å². The zero-order chi connectivity index (χ0) is 14.1. The number of carbonyl (C=O) groups excluding carboxylic acids is 1. The lowest BCUT2D eigenvalue weighted by atomic mass is 10.00. The number of anilines is 1. The van der Waals surface area contributed by atoms with E-state index in [0.29, 0.717) is 16.8 Å². The van der Waals surface area contributed by atoms with Crippen LogP contribution in [0.15, 0.2) is 65.1 Å². The van der Waals surface area contributed by atoms with Crippen molar-refractivity contribution in [2.75, 3.05) is 5.73 Å². The average molecular weight is 326 g/mol. The minimum absolute atomic E-state index is 0.0243. The number of hydrogen-bond donors (Lipinski definition) is 1. The van der Waals surface area contributed by atoms with Crippen molar-refractivity contribution >= 4 is 38.2 Å². The number of nitrogens with two attached hydrogens (primary N) is 1. The summed E-state index contributed by atoms with van der Waals surface area (Å²) in [6, 6.07) is 19.0. The molecule has 98 valence electrons. The molecule has 0 amide bonds. The Morgan fingerprint density at radius 3 is 2.35 bits per heavy atom. The molecule has 0 unspecified atom stereocenters. The number of benzene rings is 3. The van der Waals surface area contributed by atoms with Crippen LogP contribution in [0.5, 0.6) is 0 Å². The molecular weight excluding hydrogens is 314 g/mol. The highest BCUT2D eigenvalue weighted by molar-refractivity contribution is 9.10. The highest BCUT2D eigenvalue weighted by Gasteiger charge is 2.11. The van der Waals surface area contributed by atoms with Crippen LogP contribution in [0.1, 0.15) is 15.9 Å². The molecule has 3 rings (SSSR count). The molecule has 0 atom stereocenters. The van der Waals surface area contributed by atoms with E-state index in [9.17, 15) is 4.79 Å². The van der Waals surface area contributed by atoms with E-state index in [1.54, 1.807) is 18.2 Å². The molecule has 0 aliphatic heterocycles. The number of halogens is 1. The van der Waals surface area contributed by atoms with E-state index in [2.05, 4.69) is 15.9 Å². The quantitative estimate of drug-likeness (QED) is 0.560. The van der Waals surface area contributed by atoms with Crippen LogP contribution in [0.2, 0.25) is 0 Å². The molecule has 0 saturated heterocycles. The average Bonchev–Trinajstić information content (AvgIpc) is 2.45. The molecule has 0 radical (unpaired) electrons. The Balaban J connectivity index is 2.07. The van der Waals surface area contributed by atoms with Gasteiger partial charge in [0.1, 0.15) is 0 Å². The molecule has 0 bridgehead atoms. The topological polar surface area (TPSA) is 43.1 Å². The van der Waals surface area contributed by atoms with Crippen LogP contribution in [-0.2, 0) is 0 Å². The molecule has 0 aliphatic carbocycles. The molecule has 0 fully saturated rings. The summed E-state index contributed by atoms with van der Waals surface area (Å²) in [5, 5.41) is 2.18. The fourth-order valence-corrected chi connectivity index (χ4v) is 2.75. The van der Waals surface area contributed by atoms with Crippen molar-refractivity contribution in [3.63, 3.8) is 0 Å². The Bertz CT molecular complexity index is 791. The van der Waals surface area contributed by atoms with E-state index in [4.69, 9.17) is 5.73 Å². The summed E-state index contributed by atoms with van der Waals surface area (Å²) in [6.45, 7) is 0. The summed E-state index contributed by atoms with van der Waals surface area (Å²) in [6.07, 6.45) is 0. The van der Waals surface area contributed by atoms with Crippen molar-refractivity contribution in [2.45, 2.75) is 0 Å². The monoisotopic (exact) mass is 325 g/mol. The van der Waals surface area contributed by atoms with Gasteiger partial charge in [0.2, 0.25) is 0 Å². The summed E-state index contributed by atoms with van der Waals surface area (Å²) in [5.74, 6) is -0.0243. The Morgan fingerprint density at radius 2 is 1.60 bits per heavy atom. The van der Waals surface area contributed by atoms with Crippen molar-refractivity contribution in [3.05, 3.63) is 76.3 Å². The van der Waals surface area contributed by atoms with Crippen LogP contribution < -0.4 is 5.73 Å². The first-order valence-corrected chi connectivity index (χ1v) is 7.02. The second-order valence-corrected chi connectivity index (χ2v) is 5.58. The molecule has 2 N–H and O–H groups in total. The van der Waals surface area contributed by atoms with E-state index in [-0.39, 0.29) is 5.78 Å². The zero-order valence-electron chi connectivity index (χ0n) is 10.6. The highest BCUT2D eigenvalue weighted by Crippen LogP contribution is 2.22. The fourth-order valence-electron chi connectivity index (χ4n) is 2.24. The van der Waals surface area contributed by atoms with Gasteiger partial charge in [-0.05, 0) is 35.0 Å². The van der Waals surface area contributed by atoms with Gasteiger partial charge in [-0.15, -0.1) is 0 Å². The van der Waals surface area contributed by atoms with Crippen LogP contribution in [-0.4, -0.2) is 5.78 Å². The third-order valence-electron chi connectivity index (χ3n) is 3.19. The van der Waals surface area contributed by atoms with Crippen molar-refractivity contribution in [1.29, 1.82) is 0 Å². The molecule has 0 aromatic heterocycles. The minimum atomic E-state index is -0.0243. The SMILES string of the molecule is Nc1cc(Br)cc(C(=O)c2ccc3ccccc3c2)c1. The molecule has 0 aliphatic rings. The predicted molar refractivity (Wildman–Crippen MR) is 85.9 cm³/mol. The van der Waals surface area contributed by atoms with Gasteiger partial charge in [0.25, 0.3) is 0 Å². The number of ketones is 1. The fraction of sp³-hybridized carbons (Fsp3) is 0. The Morgan fingerprint density at radius 1 is 0.850 bits per heavy atom. The third kappa shape index (κ3) is 2.45. The lowest BCUT2D eigenvalue weighted by Gasteiger charge is -2.05. The first-order valence-electron chi connectivity index (χ1n) is 6.23. The normalized spacial score (nSPS) is 10.7. The van der Waals surface area contributed by atoms with Crippen molar-refractivity contribution < 1.29 is 4.79 Å². The van der Waals surface area contributed by atoms with E-state index < -0.39 is 0 Å². The van der Waals surface area contributed by atoms with Crippen LogP contribution >= 0.6 is 15.9 Å². The van der Waals surface area contributed by atoms with Gasteiger partial charge in [0.05, 0.1) is 0 Å². The summed E-state index contributed by atoms with van der Waals surface area (Å²) in [4.78, 5) is 12.5. The largest absolute Gasteiger partial charge is 0.399 e. The first-order chi connectivity index (χ1) is 9.63. The standard InChI is InChI=1S/C17H12BrNO/c18-15-8-14(9-16(19)10-15)17(20)13-6-5-11-3-1-2-4-12(11)7-13/h1-10H,19H2. The second kappa shape index (κ2) is 5.10. The molecule has 2 nitrogen and oxygen atoms in total. The predicted octanol–water partition coefficient (Wildman–Crippen LogP) is 4.42. The summed E-state index contributed by atoms with van der Waals surface area (Å²) in [7, 11) is 0. The summed E-state index contributed by atoms with van der Waals surface area (Å²) < 4.78 is 0.807. The Kier molecular flexibility index (Phi) is 3.28. The molecular formula is C17H12BrNO. The number of fused-ring (bicyclic) bond motifs is 1. The molecule has 0 saturated carbocycles. The molecule has 0 heterocycles. The van der Waals surface area contributed by atoms with E-state index in [1.165, 1.54) is 0 Å². The lowest BCUT2D eigenvalue weighted by molar-refractivity contribution is 0.103. The van der Waals surface area contributed by atoms with E-state index in [0.717, 1.165) is 15.2 Å². The lowest BCUT2D eigenvalue weighted by Crippen LogP contribution is -2.02. The number of rotatable bonds is 2. The Labute approximate surface area is 125 Å². The van der Waals surface area contributed by atoms with Crippen LogP contribution in [0.4, 0.5) is 5.69 Å². The van der Waals surface area contributed by atoms with Crippen LogP contribution in [0.25, 0.3) is 10.8 Å². The number of nitrogen functional groups attached to an aromatic ring is 1. The molecule has 3 aromatic carbocycles. The number of hydrogen-bond acceptors (Lipinski definition) is 2. The van der Waals surface area contributed by atoms with Gasteiger partial charge in [-0.2, -0.15) is 0 Å². The molecule has 20 heavy (non-hydrogen) atoms. The first kappa shape index (κ1) is 12.9. The maximum atomic E-state index is 12.5. The third-order valence-corrected chi connectivity index (χ3v) is 3.65. The minimum Gasteiger partial charge on any atom is -0.399 e. The van der Waals surface area contributed by atoms with Gasteiger partial charge < -0.3 is 5.73 Å². The van der Waals surface area contributed by atoms with Gasteiger partial charge in [0, 0.05) is 21.3 Å². The summed E-state index contributed by atoms with van der Waals surface area (Å²) >= 11 is 3.36. The van der Waals surface area contributed by atoms with Gasteiger partial charge in [-0.1, -0.05) is 52.3 Å². The van der Waals surface area contributed by atoms with Crippen molar-refractivity contribution in [1.82, 2.24) is 0 Å². The van der Waals surface area contributed by atoms with Crippen LogP contribution in [0, 0.1) is 0 Å². The number of carbonyl (C=O) groups is 1. The molecule has 3 aromatic rings. The smallest absolute Gasteiger partial charge is 0.193 e. The van der Waals surface area contributed by atoms with E-state index >= 15 is 0 Å². The van der Waals surface area contributed by atoms with Crippen molar-refractivity contribution in [2.24, 2.45) is 0 Å². The van der Waals surface area contributed by atoms with Gasteiger partial charge in [0.15, 0.2) is 5.78 Å². The van der Waals surface area contributed by atoms with Gasteiger partial charge in [-0.3, -0.25) is 4.79 Å². The molecule has 0 spiro atoms. The maximum Gasteiger partial charge on any atom is 0.193 e. The highest BCUT2D eigenvalue weighted by atomic mass is 79.9. The summed E-state index contributed by atoms with van der Waals surface area (Å²) in [5.41, 5.74) is 7.61. The van der Waals surface area contributed by atoms with Crippen molar-refractivity contribution in [3.8, 4) is 0 Å². The maximum absolute atomic E-state index is 12.5.